The number of rotatable bonds is 3. The van der Waals surface area contributed by atoms with Gasteiger partial charge in [-0.1, -0.05) is 41.4 Å². The van der Waals surface area contributed by atoms with E-state index in [4.69, 9.17) is 9.31 Å². The topological polar surface area (TPSA) is 44.2 Å². The normalized spacial score (nSPS) is 16.6. The SMILES string of the molecule is C/C=C/c1[c-]ncc(B2OC(C)(C)C(C)(C)O2)c1.C/C=C/c1[c-]ncc(Br)c1.[W].[W]. The summed E-state index contributed by atoms with van der Waals surface area (Å²) in [7, 11) is -0.360. The van der Waals surface area contributed by atoms with E-state index in [1.54, 1.807) is 12.4 Å². The van der Waals surface area contributed by atoms with Crippen molar-refractivity contribution in [1.29, 1.82) is 0 Å². The quantitative estimate of drug-likeness (QED) is 0.328. The molecule has 1 saturated heterocycles. The molecule has 3 heterocycles. The monoisotopic (exact) mass is 808 g/mol. The molecule has 0 atom stereocenters. The molecule has 8 heteroatoms. The first-order valence-electron chi connectivity index (χ1n) is 9.20. The molecule has 4 nitrogen and oxygen atoms in total. The van der Waals surface area contributed by atoms with Crippen LogP contribution in [0.3, 0.4) is 0 Å². The second-order valence-electron chi connectivity index (χ2n) is 7.41. The van der Waals surface area contributed by atoms with E-state index >= 15 is 0 Å². The predicted octanol–water partition coefficient (Wildman–Crippen LogP) is 4.89. The maximum Gasteiger partial charge on any atom is 0.476 e. The van der Waals surface area contributed by atoms with Gasteiger partial charge in [-0.25, -0.2) is 0 Å². The Balaban J connectivity index is 0.000000604. The van der Waals surface area contributed by atoms with E-state index in [2.05, 4.69) is 38.3 Å². The maximum absolute atomic E-state index is 5.98. The van der Waals surface area contributed by atoms with E-state index in [1.165, 1.54) is 0 Å². The van der Waals surface area contributed by atoms with Crippen molar-refractivity contribution in [2.45, 2.75) is 52.7 Å². The molecule has 0 aromatic carbocycles. The van der Waals surface area contributed by atoms with Gasteiger partial charge < -0.3 is 19.3 Å². The molecule has 160 valence electrons. The van der Waals surface area contributed by atoms with Crippen molar-refractivity contribution in [2.24, 2.45) is 0 Å². The van der Waals surface area contributed by atoms with Crippen molar-refractivity contribution in [3.05, 3.63) is 64.7 Å². The molecule has 0 bridgehead atoms. The van der Waals surface area contributed by atoms with E-state index in [-0.39, 0.29) is 60.5 Å². The number of hydrogen-bond donors (Lipinski definition) is 0. The summed E-state index contributed by atoms with van der Waals surface area (Å²) in [5.41, 5.74) is 2.22. The molecule has 0 amide bonds. The molecule has 0 saturated carbocycles. The fraction of sp³-hybridized carbons (Fsp3) is 0.364. The Hall–Kier alpha value is -0.378. The van der Waals surface area contributed by atoms with Gasteiger partial charge in [-0.15, -0.1) is 47.6 Å². The van der Waals surface area contributed by atoms with Crippen LogP contribution < -0.4 is 5.46 Å². The fourth-order valence-electron chi connectivity index (χ4n) is 2.45. The van der Waals surface area contributed by atoms with Crippen LogP contribution >= 0.6 is 15.9 Å². The molecule has 1 fully saturated rings. The second-order valence-corrected chi connectivity index (χ2v) is 8.33. The number of allylic oxidation sites excluding steroid dienone is 2. The van der Waals surface area contributed by atoms with Gasteiger partial charge in [0.2, 0.25) is 0 Å². The summed E-state index contributed by atoms with van der Waals surface area (Å²) >= 11 is 3.32. The van der Waals surface area contributed by atoms with Crippen LogP contribution in [0.15, 0.2) is 41.2 Å². The summed E-state index contributed by atoms with van der Waals surface area (Å²) in [5.74, 6) is 0. The average Bonchev–Trinajstić information content (AvgIpc) is 2.84. The Bertz CT molecular complexity index is 845. The summed E-state index contributed by atoms with van der Waals surface area (Å²) in [6.45, 7) is 12.1. The van der Waals surface area contributed by atoms with E-state index in [0.717, 1.165) is 21.1 Å². The zero-order valence-corrected chi connectivity index (χ0v) is 25.6. The summed E-state index contributed by atoms with van der Waals surface area (Å²) in [4.78, 5) is 7.99. The smallest absolute Gasteiger partial charge is 0.400 e. The van der Waals surface area contributed by atoms with Crippen molar-refractivity contribution >= 4 is 40.7 Å². The summed E-state index contributed by atoms with van der Waals surface area (Å²) < 4.78 is 13.0. The van der Waals surface area contributed by atoms with Gasteiger partial charge in [0, 0.05) is 42.1 Å². The molecule has 2 aromatic rings. The molecule has 0 spiro atoms. The number of aromatic nitrogens is 2. The first-order chi connectivity index (χ1) is 13.2. The third-order valence-corrected chi connectivity index (χ3v) is 5.06. The molecule has 1 aliphatic rings. The molecule has 30 heavy (non-hydrogen) atoms. The Kier molecular flexibility index (Phi) is 13.1. The van der Waals surface area contributed by atoms with Crippen molar-refractivity contribution in [1.82, 2.24) is 9.97 Å². The zero-order chi connectivity index (χ0) is 20.8. The predicted molar refractivity (Wildman–Crippen MR) is 119 cm³/mol. The van der Waals surface area contributed by atoms with Crippen LogP contribution in [0.5, 0.6) is 0 Å². The third kappa shape index (κ3) is 8.28. The minimum absolute atomic E-state index is 0. The molecule has 1 aliphatic heterocycles. The Labute approximate surface area is 218 Å². The van der Waals surface area contributed by atoms with Gasteiger partial charge in [0.25, 0.3) is 0 Å². The summed E-state index contributed by atoms with van der Waals surface area (Å²) in [6.07, 6.45) is 17.1. The minimum atomic E-state index is -0.360. The van der Waals surface area contributed by atoms with E-state index < -0.39 is 0 Å². The number of nitrogens with zero attached hydrogens (tertiary/aromatic N) is 2. The van der Waals surface area contributed by atoms with Crippen LogP contribution in [0.25, 0.3) is 12.2 Å². The Morgan fingerprint density at radius 1 is 0.867 bits per heavy atom. The van der Waals surface area contributed by atoms with Gasteiger partial charge in [0.05, 0.1) is 11.2 Å². The molecular formula is C22H26BBrN2O2W2-2. The molecular weight excluding hydrogens is 783 g/mol. The minimum Gasteiger partial charge on any atom is -0.400 e. The number of hydrogen-bond acceptors (Lipinski definition) is 4. The van der Waals surface area contributed by atoms with Crippen LogP contribution in [-0.4, -0.2) is 28.3 Å². The van der Waals surface area contributed by atoms with Crippen molar-refractivity contribution in [2.75, 3.05) is 0 Å². The van der Waals surface area contributed by atoms with Gasteiger partial charge in [0.15, 0.2) is 0 Å². The Morgan fingerprint density at radius 2 is 1.33 bits per heavy atom. The van der Waals surface area contributed by atoms with Crippen LogP contribution in [0, 0.1) is 12.4 Å². The van der Waals surface area contributed by atoms with Crippen LogP contribution in [0.2, 0.25) is 0 Å². The average molecular weight is 809 g/mol. The maximum atomic E-state index is 5.98. The summed E-state index contributed by atoms with van der Waals surface area (Å²) in [5, 5.41) is 0. The van der Waals surface area contributed by atoms with E-state index in [9.17, 15) is 0 Å². The second kappa shape index (κ2) is 13.2. The molecule has 2 aromatic heterocycles. The molecule has 0 unspecified atom stereocenters. The third-order valence-electron chi connectivity index (χ3n) is 4.62. The van der Waals surface area contributed by atoms with Gasteiger partial charge in [-0.2, -0.15) is 0 Å². The van der Waals surface area contributed by atoms with E-state index in [1.807, 2.05) is 78.0 Å². The van der Waals surface area contributed by atoms with E-state index in [0.29, 0.717) is 0 Å². The molecule has 3 rings (SSSR count). The molecule has 0 radical (unpaired) electrons. The van der Waals surface area contributed by atoms with Gasteiger partial charge in [-0.05, 0) is 50.8 Å². The number of pyridine rings is 2. The number of halogens is 1. The fourth-order valence-corrected chi connectivity index (χ4v) is 2.80. The van der Waals surface area contributed by atoms with Crippen molar-refractivity contribution < 1.29 is 51.4 Å². The van der Waals surface area contributed by atoms with Crippen LogP contribution in [0.1, 0.15) is 52.7 Å². The first-order valence-corrected chi connectivity index (χ1v) is 9.99. The molecule has 0 aliphatic carbocycles. The van der Waals surface area contributed by atoms with Gasteiger partial charge in [-0.3, -0.25) is 0 Å². The first kappa shape index (κ1) is 29.6. The van der Waals surface area contributed by atoms with Crippen LogP contribution in [0.4, 0.5) is 0 Å². The Morgan fingerprint density at radius 3 is 1.80 bits per heavy atom. The summed E-state index contributed by atoms with van der Waals surface area (Å²) in [6, 6.07) is 3.96. The van der Waals surface area contributed by atoms with Gasteiger partial charge >= 0.3 is 7.12 Å². The standard InChI is InChI=1S/C14H19BNO2.C8H7BrN.2W/c1-6-7-11-8-12(10-16-9-11)15-17-13(2,3)14(4,5)18-15;1-2-3-7-4-8(9)6-10-5-7;;/h6-8,10H,1-5H3;2-4,6H,1H3;;/q2*-1;;/b7-6+;3-2+;;. The zero-order valence-electron chi connectivity index (χ0n) is 18.1. The van der Waals surface area contributed by atoms with Crippen molar-refractivity contribution in [3.8, 4) is 0 Å². The van der Waals surface area contributed by atoms with Crippen LogP contribution in [-0.2, 0) is 51.4 Å². The van der Waals surface area contributed by atoms with Crippen molar-refractivity contribution in [3.63, 3.8) is 0 Å². The molecule has 0 N–H and O–H groups in total. The largest absolute Gasteiger partial charge is 0.476 e. The van der Waals surface area contributed by atoms with Gasteiger partial charge in [0.1, 0.15) is 0 Å².